The topological polar surface area (TPSA) is 71.7 Å². The van der Waals surface area contributed by atoms with E-state index in [2.05, 4.69) is 5.32 Å². The highest BCUT2D eigenvalue weighted by Crippen LogP contribution is 2.30. The van der Waals surface area contributed by atoms with Gasteiger partial charge in [-0.1, -0.05) is 12.1 Å². The SMILES string of the molecule is Cc1cc(-c2ccc(O)cc2)cc2cc(CNC(=O)OC(C)(C)C)oc12. The maximum atomic E-state index is 11.8. The van der Waals surface area contributed by atoms with Crippen LogP contribution in [0.4, 0.5) is 4.79 Å². The second-order valence-electron chi connectivity index (χ2n) is 7.33. The molecule has 2 aromatic carbocycles. The zero-order valence-electron chi connectivity index (χ0n) is 15.4. The van der Waals surface area contributed by atoms with Crippen molar-refractivity contribution in [3.8, 4) is 16.9 Å². The van der Waals surface area contributed by atoms with E-state index >= 15 is 0 Å². The van der Waals surface area contributed by atoms with E-state index in [0.29, 0.717) is 5.76 Å². The van der Waals surface area contributed by atoms with Gasteiger partial charge in [-0.15, -0.1) is 0 Å². The molecule has 5 heteroatoms. The molecule has 0 spiro atoms. The monoisotopic (exact) mass is 353 g/mol. The Bertz CT molecular complexity index is 933. The molecular formula is C21H23NO4. The summed E-state index contributed by atoms with van der Waals surface area (Å²) in [6, 6.07) is 13.1. The summed E-state index contributed by atoms with van der Waals surface area (Å²) in [7, 11) is 0. The first-order valence-electron chi connectivity index (χ1n) is 8.50. The van der Waals surface area contributed by atoms with Gasteiger partial charge in [0.1, 0.15) is 22.7 Å². The van der Waals surface area contributed by atoms with E-state index in [-0.39, 0.29) is 12.3 Å². The molecular weight excluding hydrogens is 330 g/mol. The summed E-state index contributed by atoms with van der Waals surface area (Å²) in [5.41, 5.74) is 3.33. The number of aromatic hydroxyl groups is 1. The van der Waals surface area contributed by atoms with Crippen molar-refractivity contribution in [3.63, 3.8) is 0 Å². The highest BCUT2D eigenvalue weighted by molar-refractivity contribution is 5.87. The van der Waals surface area contributed by atoms with Gasteiger partial charge in [-0.3, -0.25) is 0 Å². The van der Waals surface area contributed by atoms with Gasteiger partial charge >= 0.3 is 6.09 Å². The van der Waals surface area contributed by atoms with Crippen LogP contribution in [0.5, 0.6) is 5.75 Å². The number of hydrogen-bond donors (Lipinski definition) is 2. The minimum absolute atomic E-state index is 0.241. The smallest absolute Gasteiger partial charge is 0.408 e. The maximum Gasteiger partial charge on any atom is 0.408 e. The van der Waals surface area contributed by atoms with Crippen molar-refractivity contribution in [2.45, 2.75) is 39.8 Å². The molecule has 0 unspecified atom stereocenters. The average Bonchev–Trinajstić information content (AvgIpc) is 2.96. The van der Waals surface area contributed by atoms with Gasteiger partial charge in [-0.05, 0) is 74.7 Å². The Balaban J connectivity index is 1.81. The first-order chi connectivity index (χ1) is 12.2. The van der Waals surface area contributed by atoms with Gasteiger partial charge in [0, 0.05) is 5.39 Å². The van der Waals surface area contributed by atoms with Gasteiger partial charge in [0.25, 0.3) is 0 Å². The second-order valence-corrected chi connectivity index (χ2v) is 7.33. The lowest BCUT2D eigenvalue weighted by Gasteiger charge is -2.19. The fourth-order valence-corrected chi connectivity index (χ4v) is 2.76. The molecule has 0 atom stereocenters. The number of benzene rings is 2. The molecule has 0 aliphatic rings. The standard InChI is InChI=1S/C21H23NO4/c1-13-9-15(14-5-7-17(23)8-6-14)10-16-11-18(25-19(13)16)12-22-20(24)26-21(2,3)4/h5-11,23H,12H2,1-4H3,(H,22,24). The fraction of sp³-hybridized carbons (Fsp3) is 0.286. The Kier molecular flexibility index (Phi) is 4.64. The molecule has 0 fully saturated rings. The lowest BCUT2D eigenvalue weighted by molar-refractivity contribution is 0.0520. The van der Waals surface area contributed by atoms with E-state index in [1.54, 1.807) is 12.1 Å². The molecule has 2 N–H and O–H groups in total. The van der Waals surface area contributed by atoms with Gasteiger partial charge in [-0.2, -0.15) is 0 Å². The summed E-state index contributed by atoms with van der Waals surface area (Å²) < 4.78 is 11.1. The summed E-state index contributed by atoms with van der Waals surface area (Å²) in [6.07, 6.45) is -0.473. The highest BCUT2D eigenvalue weighted by Gasteiger charge is 2.16. The van der Waals surface area contributed by atoms with Crippen LogP contribution in [0.25, 0.3) is 22.1 Å². The Morgan fingerprint density at radius 2 is 1.81 bits per heavy atom. The van der Waals surface area contributed by atoms with Crippen LogP contribution < -0.4 is 5.32 Å². The molecule has 0 saturated heterocycles. The van der Waals surface area contributed by atoms with E-state index < -0.39 is 11.7 Å². The Labute approximate surface area is 152 Å². The third-order valence-electron chi connectivity index (χ3n) is 3.86. The zero-order valence-corrected chi connectivity index (χ0v) is 15.4. The molecule has 0 aliphatic heterocycles. The largest absolute Gasteiger partial charge is 0.508 e. The van der Waals surface area contributed by atoms with Crippen molar-refractivity contribution in [3.05, 3.63) is 53.8 Å². The van der Waals surface area contributed by atoms with Gasteiger partial charge < -0.3 is 19.6 Å². The molecule has 5 nitrogen and oxygen atoms in total. The number of carbonyl (C=O) groups is 1. The maximum absolute atomic E-state index is 11.8. The molecule has 1 amide bonds. The molecule has 26 heavy (non-hydrogen) atoms. The summed E-state index contributed by atoms with van der Waals surface area (Å²) in [5, 5.41) is 13.1. The van der Waals surface area contributed by atoms with Gasteiger partial charge in [0.15, 0.2) is 0 Å². The third kappa shape index (κ3) is 4.17. The van der Waals surface area contributed by atoms with Crippen LogP contribution in [0.15, 0.2) is 46.9 Å². The van der Waals surface area contributed by atoms with Gasteiger partial charge in [0.05, 0.1) is 6.54 Å². The molecule has 3 aromatic rings. The normalized spacial score (nSPS) is 11.5. The zero-order chi connectivity index (χ0) is 18.9. The second kappa shape index (κ2) is 6.75. The van der Waals surface area contributed by atoms with E-state index in [4.69, 9.17) is 9.15 Å². The van der Waals surface area contributed by atoms with Gasteiger partial charge in [-0.25, -0.2) is 4.79 Å². The first-order valence-corrected chi connectivity index (χ1v) is 8.50. The van der Waals surface area contributed by atoms with Crippen molar-refractivity contribution in [1.29, 1.82) is 0 Å². The lowest BCUT2D eigenvalue weighted by atomic mass is 10.0. The van der Waals surface area contributed by atoms with Crippen LogP contribution in [0.3, 0.4) is 0 Å². The number of phenols is 1. The average molecular weight is 353 g/mol. The fourth-order valence-electron chi connectivity index (χ4n) is 2.76. The lowest BCUT2D eigenvalue weighted by Crippen LogP contribution is -2.32. The summed E-state index contributed by atoms with van der Waals surface area (Å²) in [4.78, 5) is 11.8. The van der Waals surface area contributed by atoms with Crippen LogP contribution in [0.1, 0.15) is 32.1 Å². The molecule has 136 valence electrons. The number of fused-ring (bicyclic) bond motifs is 1. The van der Waals surface area contributed by atoms with Crippen molar-refractivity contribution in [2.24, 2.45) is 0 Å². The number of nitrogens with one attached hydrogen (secondary N) is 1. The first kappa shape index (κ1) is 17.9. The minimum atomic E-state index is -0.534. The predicted molar refractivity (Wildman–Crippen MR) is 101 cm³/mol. The van der Waals surface area contributed by atoms with Crippen molar-refractivity contribution >= 4 is 17.1 Å². The number of alkyl carbamates (subject to hydrolysis) is 1. The number of ether oxygens (including phenoxy) is 1. The van der Waals surface area contributed by atoms with E-state index in [1.807, 2.05) is 58.0 Å². The molecule has 0 saturated carbocycles. The van der Waals surface area contributed by atoms with Gasteiger partial charge in [0.2, 0.25) is 0 Å². The van der Waals surface area contributed by atoms with Crippen LogP contribution in [-0.2, 0) is 11.3 Å². The quantitative estimate of drug-likeness (QED) is 0.684. The molecule has 0 bridgehead atoms. The van der Waals surface area contributed by atoms with E-state index in [9.17, 15) is 9.90 Å². The predicted octanol–water partition coefficient (Wildman–Crippen LogP) is 5.14. The van der Waals surface area contributed by atoms with Crippen LogP contribution >= 0.6 is 0 Å². The summed E-state index contributed by atoms with van der Waals surface area (Å²) in [6.45, 7) is 7.71. The highest BCUT2D eigenvalue weighted by atomic mass is 16.6. The number of phenolic OH excluding ortho intramolecular Hbond substituents is 1. The van der Waals surface area contributed by atoms with Crippen molar-refractivity contribution in [2.75, 3.05) is 0 Å². The Morgan fingerprint density at radius 1 is 1.12 bits per heavy atom. The summed E-state index contributed by atoms with van der Waals surface area (Å²) >= 11 is 0. The van der Waals surface area contributed by atoms with E-state index in [1.165, 1.54) is 0 Å². The van der Waals surface area contributed by atoms with E-state index in [0.717, 1.165) is 27.7 Å². The Morgan fingerprint density at radius 3 is 2.46 bits per heavy atom. The summed E-state index contributed by atoms with van der Waals surface area (Å²) in [5.74, 6) is 0.905. The minimum Gasteiger partial charge on any atom is -0.508 e. The van der Waals surface area contributed by atoms with Crippen LogP contribution in [0.2, 0.25) is 0 Å². The number of aryl methyl sites for hydroxylation is 1. The molecule has 1 heterocycles. The van der Waals surface area contributed by atoms with Crippen molar-refractivity contribution in [1.82, 2.24) is 5.32 Å². The number of amides is 1. The third-order valence-corrected chi connectivity index (χ3v) is 3.86. The number of furan rings is 1. The molecule has 3 rings (SSSR count). The molecule has 1 aromatic heterocycles. The number of rotatable bonds is 3. The number of hydrogen-bond acceptors (Lipinski definition) is 4. The molecule has 0 aliphatic carbocycles. The van der Waals surface area contributed by atoms with Crippen LogP contribution in [0, 0.1) is 6.92 Å². The van der Waals surface area contributed by atoms with Crippen molar-refractivity contribution < 1.29 is 19.1 Å². The number of carbonyl (C=O) groups excluding carboxylic acids is 1. The van der Waals surface area contributed by atoms with Crippen LogP contribution in [-0.4, -0.2) is 16.8 Å². The Hall–Kier alpha value is -2.95. The molecule has 0 radical (unpaired) electrons.